The highest BCUT2D eigenvalue weighted by atomic mass is 15.3. The Bertz CT molecular complexity index is 408. The van der Waals surface area contributed by atoms with Crippen molar-refractivity contribution in [3.05, 3.63) is 11.9 Å². The zero-order valence-corrected chi connectivity index (χ0v) is 11.8. The number of likely N-dealkylation sites (N-methyl/N-ethyl adjacent to an activating group) is 1. The van der Waals surface area contributed by atoms with Gasteiger partial charge in [-0.2, -0.15) is 0 Å². The highest BCUT2D eigenvalue weighted by Gasteiger charge is 2.23. The Kier molecular flexibility index (Phi) is 4.93. The minimum Gasteiger partial charge on any atom is -0.368 e. The van der Waals surface area contributed by atoms with Crippen LogP contribution in [0.15, 0.2) is 6.33 Å². The van der Waals surface area contributed by atoms with Gasteiger partial charge in [0, 0.05) is 18.2 Å². The largest absolute Gasteiger partial charge is 0.368 e. The summed E-state index contributed by atoms with van der Waals surface area (Å²) >= 11 is 0. The number of likely N-dealkylation sites (tertiary alicyclic amines) is 1. The number of nitrogens with two attached hydrogens (primary N) is 1. The molecule has 2 rings (SSSR count). The van der Waals surface area contributed by atoms with Gasteiger partial charge in [0.1, 0.15) is 18.0 Å². The maximum absolute atomic E-state index is 5.48. The van der Waals surface area contributed by atoms with Gasteiger partial charge >= 0.3 is 0 Å². The summed E-state index contributed by atoms with van der Waals surface area (Å²) in [5.74, 6) is 7.08. The standard InChI is InChI=1S/C13H24N6/c1-3-11-12(16-9-17-13(11)18-14)15-8-10-6-5-7-19(10)4-2/h9-10H,3-8,14H2,1-2H3,(H2,15,16,17,18). The Hall–Kier alpha value is -1.40. The van der Waals surface area contributed by atoms with Crippen molar-refractivity contribution in [3.63, 3.8) is 0 Å². The molecule has 1 fully saturated rings. The second-order valence-corrected chi connectivity index (χ2v) is 4.85. The number of hydrogen-bond donors (Lipinski definition) is 3. The average Bonchev–Trinajstić information content (AvgIpc) is 2.91. The maximum Gasteiger partial charge on any atom is 0.148 e. The normalized spacial score (nSPS) is 19.6. The third-order valence-corrected chi connectivity index (χ3v) is 3.85. The predicted octanol–water partition coefficient (Wildman–Crippen LogP) is 1.22. The third kappa shape index (κ3) is 3.13. The van der Waals surface area contributed by atoms with Gasteiger partial charge in [-0.1, -0.05) is 13.8 Å². The number of nitrogen functional groups attached to an aromatic ring is 1. The first-order valence-electron chi connectivity index (χ1n) is 7.08. The fourth-order valence-corrected chi connectivity index (χ4v) is 2.78. The first kappa shape index (κ1) is 14.0. The molecule has 106 valence electrons. The van der Waals surface area contributed by atoms with Crippen LogP contribution in [0.5, 0.6) is 0 Å². The van der Waals surface area contributed by atoms with Crippen molar-refractivity contribution in [2.45, 2.75) is 39.2 Å². The van der Waals surface area contributed by atoms with Crippen LogP contribution in [-0.4, -0.2) is 40.5 Å². The van der Waals surface area contributed by atoms with Gasteiger partial charge in [-0.15, -0.1) is 0 Å². The Morgan fingerprint density at radius 2 is 2.16 bits per heavy atom. The van der Waals surface area contributed by atoms with E-state index in [0.717, 1.165) is 30.9 Å². The lowest BCUT2D eigenvalue weighted by Gasteiger charge is -2.23. The summed E-state index contributed by atoms with van der Waals surface area (Å²) in [5, 5.41) is 3.46. The minimum atomic E-state index is 0.610. The van der Waals surface area contributed by atoms with E-state index in [-0.39, 0.29) is 0 Å². The number of aromatic nitrogens is 2. The van der Waals surface area contributed by atoms with Crippen LogP contribution in [0.25, 0.3) is 0 Å². The number of nitrogens with one attached hydrogen (secondary N) is 2. The molecule has 1 saturated heterocycles. The van der Waals surface area contributed by atoms with Crippen molar-refractivity contribution in [1.82, 2.24) is 14.9 Å². The van der Waals surface area contributed by atoms with Crippen LogP contribution in [0.4, 0.5) is 11.6 Å². The molecular weight excluding hydrogens is 240 g/mol. The van der Waals surface area contributed by atoms with Crippen molar-refractivity contribution in [1.29, 1.82) is 0 Å². The monoisotopic (exact) mass is 264 g/mol. The Labute approximate surface area is 114 Å². The van der Waals surface area contributed by atoms with E-state index >= 15 is 0 Å². The number of rotatable bonds is 6. The molecule has 0 saturated carbocycles. The summed E-state index contributed by atoms with van der Waals surface area (Å²) < 4.78 is 0. The molecule has 0 spiro atoms. The molecule has 0 aliphatic carbocycles. The van der Waals surface area contributed by atoms with Crippen LogP contribution in [0.2, 0.25) is 0 Å². The lowest BCUT2D eigenvalue weighted by atomic mass is 10.2. The molecule has 1 aromatic heterocycles. The molecule has 0 radical (unpaired) electrons. The van der Waals surface area contributed by atoms with Gasteiger partial charge in [0.05, 0.1) is 0 Å². The Balaban J connectivity index is 2.03. The van der Waals surface area contributed by atoms with Gasteiger partial charge in [0.15, 0.2) is 0 Å². The van der Waals surface area contributed by atoms with Gasteiger partial charge in [-0.3, -0.25) is 4.90 Å². The van der Waals surface area contributed by atoms with Crippen molar-refractivity contribution in [2.75, 3.05) is 30.4 Å². The van der Waals surface area contributed by atoms with Crippen LogP contribution < -0.4 is 16.6 Å². The van der Waals surface area contributed by atoms with Crippen molar-refractivity contribution in [2.24, 2.45) is 5.84 Å². The van der Waals surface area contributed by atoms with Crippen LogP contribution in [-0.2, 0) is 6.42 Å². The van der Waals surface area contributed by atoms with E-state index in [2.05, 4.69) is 39.5 Å². The maximum atomic E-state index is 5.48. The Morgan fingerprint density at radius 1 is 1.37 bits per heavy atom. The van der Waals surface area contributed by atoms with Gasteiger partial charge in [0.25, 0.3) is 0 Å². The summed E-state index contributed by atoms with van der Waals surface area (Å²) in [6.45, 7) is 7.56. The van der Waals surface area contributed by atoms with Crippen LogP contribution in [0, 0.1) is 0 Å². The number of nitrogens with zero attached hydrogens (tertiary/aromatic N) is 3. The molecule has 1 aromatic rings. The van der Waals surface area contributed by atoms with E-state index in [9.17, 15) is 0 Å². The average molecular weight is 264 g/mol. The van der Waals surface area contributed by atoms with Crippen molar-refractivity contribution < 1.29 is 0 Å². The third-order valence-electron chi connectivity index (χ3n) is 3.85. The van der Waals surface area contributed by atoms with Gasteiger partial charge < -0.3 is 10.7 Å². The minimum absolute atomic E-state index is 0.610. The zero-order valence-electron chi connectivity index (χ0n) is 11.8. The second-order valence-electron chi connectivity index (χ2n) is 4.85. The predicted molar refractivity (Wildman–Crippen MR) is 78.0 cm³/mol. The van der Waals surface area contributed by atoms with Crippen molar-refractivity contribution >= 4 is 11.6 Å². The molecule has 6 nitrogen and oxygen atoms in total. The lowest BCUT2D eigenvalue weighted by Crippen LogP contribution is -2.35. The van der Waals surface area contributed by atoms with E-state index in [1.54, 1.807) is 6.33 Å². The molecule has 1 aliphatic heterocycles. The molecule has 4 N–H and O–H groups in total. The SMILES string of the molecule is CCc1c(NN)ncnc1NCC1CCCN1CC. The van der Waals surface area contributed by atoms with Gasteiger partial charge in [-0.25, -0.2) is 15.8 Å². The highest BCUT2D eigenvalue weighted by Crippen LogP contribution is 2.21. The van der Waals surface area contributed by atoms with Crippen LogP contribution in [0.3, 0.4) is 0 Å². The van der Waals surface area contributed by atoms with E-state index in [1.807, 2.05) is 0 Å². The van der Waals surface area contributed by atoms with Gasteiger partial charge in [0.2, 0.25) is 0 Å². The first-order chi connectivity index (χ1) is 9.30. The van der Waals surface area contributed by atoms with E-state index in [4.69, 9.17) is 5.84 Å². The summed E-state index contributed by atoms with van der Waals surface area (Å²) in [6.07, 6.45) is 4.95. The molecule has 0 amide bonds. The molecule has 0 aromatic carbocycles. The molecule has 19 heavy (non-hydrogen) atoms. The lowest BCUT2D eigenvalue weighted by molar-refractivity contribution is 0.277. The van der Waals surface area contributed by atoms with E-state index < -0.39 is 0 Å². The first-order valence-corrected chi connectivity index (χ1v) is 7.08. The van der Waals surface area contributed by atoms with E-state index in [0.29, 0.717) is 11.9 Å². The second kappa shape index (κ2) is 6.68. The highest BCUT2D eigenvalue weighted by molar-refractivity contribution is 5.56. The molecule has 1 atom stereocenters. The quantitative estimate of drug-likeness (QED) is 0.529. The molecule has 2 heterocycles. The number of anilines is 2. The smallest absolute Gasteiger partial charge is 0.148 e. The number of hydrazine groups is 1. The van der Waals surface area contributed by atoms with Crippen molar-refractivity contribution in [3.8, 4) is 0 Å². The summed E-state index contributed by atoms with van der Waals surface area (Å²) in [7, 11) is 0. The molecule has 1 unspecified atom stereocenters. The summed E-state index contributed by atoms with van der Waals surface area (Å²) in [5.41, 5.74) is 3.68. The van der Waals surface area contributed by atoms with E-state index in [1.165, 1.54) is 19.4 Å². The summed E-state index contributed by atoms with van der Waals surface area (Å²) in [4.78, 5) is 11.0. The van der Waals surface area contributed by atoms with Gasteiger partial charge in [-0.05, 0) is 32.4 Å². The Morgan fingerprint density at radius 3 is 2.84 bits per heavy atom. The topological polar surface area (TPSA) is 79.1 Å². The fourth-order valence-electron chi connectivity index (χ4n) is 2.78. The van der Waals surface area contributed by atoms with Crippen LogP contribution >= 0.6 is 0 Å². The molecular formula is C13H24N6. The fraction of sp³-hybridized carbons (Fsp3) is 0.692. The summed E-state index contributed by atoms with van der Waals surface area (Å²) in [6, 6.07) is 0.610. The zero-order chi connectivity index (χ0) is 13.7. The molecule has 1 aliphatic rings. The van der Waals surface area contributed by atoms with Crippen LogP contribution in [0.1, 0.15) is 32.3 Å². The number of hydrogen-bond acceptors (Lipinski definition) is 6. The molecule has 0 bridgehead atoms. The molecule has 6 heteroatoms.